The van der Waals surface area contributed by atoms with Gasteiger partial charge in [-0.05, 0) is 36.6 Å². The molecule has 1 amide bonds. The van der Waals surface area contributed by atoms with Gasteiger partial charge < -0.3 is 19.1 Å². The molecule has 3 unspecified atom stereocenters. The van der Waals surface area contributed by atoms with Gasteiger partial charge in [-0.3, -0.25) is 9.59 Å². The molecule has 1 saturated heterocycles. The van der Waals surface area contributed by atoms with Gasteiger partial charge in [-0.15, -0.1) is 0 Å². The molecule has 4 heterocycles. The van der Waals surface area contributed by atoms with E-state index in [-0.39, 0.29) is 39.8 Å². The van der Waals surface area contributed by atoms with E-state index in [0.29, 0.717) is 31.0 Å². The molecule has 9 heteroatoms. The fraction of sp³-hybridized carbons (Fsp3) is 0.273. The van der Waals surface area contributed by atoms with E-state index in [9.17, 15) is 14.8 Å². The maximum absolute atomic E-state index is 13.1. The average Bonchev–Trinajstić information content (AvgIpc) is 3.23. The Morgan fingerprint density at radius 2 is 2.00 bits per heavy atom. The molecule has 0 saturated carbocycles. The summed E-state index contributed by atoms with van der Waals surface area (Å²) >= 11 is 6.22. The number of aromatic nitrogens is 1. The van der Waals surface area contributed by atoms with Gasteiger partial charge in [-0.25, -0.2) is 5.21 Å². The number of piperidine rings is 1. The van der Waals surface area contributed by atoms with E-state index in [1.165, 1.54) is 12.1 Å². The lowest BCUT2D eigenvalue weighted by molar-refractivity contribution is -0.991. The zero-order valence-electron chi connectivity index (χ0n) is 16.5. The van der Waals surface area contributed by atoms with Gasteiger partial charge in [0.2, 0.25) is 0 Å². The van der Waals surface area contributed by atoms with Crippen LogP contribution in [0.5, 0.6) is 0 Å². The number of nitrogens with zero attached hydrogens (tertiary/aromatic N) is 2. The van der Waals surface area contributed by atoms with Crippen LogP contribution in [0.2, 0.25) is 5.02 Å². The van der Waals surface area contributed by atoms with Crippen LogP contribution in [-0.4, -0.2) is 33.7 Å². The highest BCUT2D eigenvalue weighted by Crippen LogP contribution is 2.36. The first-order valence-corrected chi connectivity index (χ1v) is 10.4. The lowest BCUT2D eigenvalue weighted by Gasteiger charge is -2.42. The normalized spacial score (nSPS) is 20.9. The minimum atomic E-state index is -1.07. The summed E-state index contributed by atoms with van der Waals surface area (Å²) in [6, 6.07) is 13.0. The first kappa shape index (κ1) is 20.0. The number of benzene rings is 1. The number of halogens is 1. The third-order valence-electron chi connectivity index (χ3n) is 6.07. The van der Waals surface area contributed by atoms with Crippen LogP contribution in [0.3, 0.4) is 0 Å². The van der Waals surface area contributed by atoms with Gasteiger partial charge in [0.15, 0.2) is 11.4 Å². The molecule has 0 spiro atoms. The predicted octanol–water partition coefficient (Wildman–Crippen LogP) is 2.42. The SMILES string of the molecule is O=C(c1ccc(-c2ccc([NH+]([O-])O)cc2Cl)o1)N1CC2CC(C1)c1cccc(=O)n1C2. The summed E-state index contributed by atoms with van der Waals surface area (Å²) in [4.78, 5) is 27.1. The second kappa shape index (κ2) is 7.65. The van der Waals surface area contributed by atoms with Gasteiger partial charge in [-0.2, -0.15) is 5.23 Å². The molecule has 3 atom stereocenters. The van der Waals surface area contributed by atoms with Crippen LogP contribution in [-0.2, 0) is 6.54 Å². The van der Waals surface area contributed by atoms with Crippen molar-refractivity contribution in [2.75, 3.05) is 13.1 Å². The molecule has 5 rings (SSSR count). The Hall–Kier alpha value is -2.91. The number of carbonyl (C=O) groups excluding carboxylic acids is 1. The molecule has 0 radical (unpaired) electrons. The Bertz CT molecular complexity index is 1220. The highest BCUT2D eigenvalue weighted by atomic mass is 35.5. The van der Waals surface area contributed by atoms with Crippen LogP contribution in [0, 0.1) is 11.1 Å². The average molecular weight is 442 g/mol. The number of nitrogens with one attached hydrogen (secondary N) is 1. The Morgan fingerprint density at radius 3 is 2.77 bits per heavy atom. The van der Waals surface area contributed by atoms with E-state index in [1.54, 1.807) is 35.2 Å². The van der Waals surface area contributed by atoms with E-state index >= 15 is 0 Å². The van der Waals surface area contributed by atoms with E-state index in [4.69, 9.17) is 21.2 Å². The van der Waals surface area contributed by atoms with Crippen molar-refractivity contribution in [3.05, 3.63) is 80.6 Å². The minimum absolute atomic E-state index is 0.00782. The monoisotopic (exact) mass is 441 g/mol. The van der Waals surface area contributed by atoms with Gasteiger partial charge >= 0.3 is 0 Å². The van der Waals surface area contributed by atoms with Gasteiger partial charge in [-0.1, -0.05) is 17.7 Å². The number of fused-ring (bicyclic) bond motifs is 4. The topological polar surface area (TPSA) is 103 Å². The van der Waals surface area contributed by atoms with Gasteiger partial charge in [0.1, 0.15) is 5.76 Å². The minimum Gasteiger partial charge on any atom is -0.595 e. The number of hydrogen-bond acceptors (Lipinski definition) is 5. The number of quaternary nitrogens is 1. The second-order valence-electron chi connectivity index (χ2n) is 8.07. The molecule has 2 bridgehead atoms. The molecule has 2 aliphatic heterocycles. The van der Waals surface area contributed by atoms with Crippen molar-refractivity contribution in [3.63, 3.8) is 0 Å². The number of carbonyl (C=O) groups is 1. The zero-order chi connectivity index (χ0) is 21.7. The number of pyridine rings is 1. The number of rotatable bonds is 3. The fourth-order valence-corrected chi connectivity index (χ4v) is 4.94. The highest BCUT2D eigenvalue weighted by Gasteiger charge is 2.37. The lowest BCUT2D eigenvalue weighted by atomic mass is 9.83. The number of furan rings is 1. The van der Waals surface area contributed by atoms with E-state index in [0.717, 1.165) is 12.1 Å². The van der Waals surface area contributed by atoms with Crippen LogP contribution in [0.25, 0.3) is 11.3 Å². The first-order valence-electron chi connectivity index (χ1n) is 10.0. The van der Waals surface area contributed by atoms with Crippen LogP contribution in [0.1, 0.15) is 28.6 Å². The molecule has 1 fully saturated rings. The number of likely N-dealkylation sites (tertiary alicyclic amines) is 1. The van der Waals surface area contributed by atoms with Crippen molar-refractivity contribution in [1.29, 1.82) is 0 Å². The summed E-state index contributed by atoms with van der Waals surface area (Å²) in [5, 5.41) is 19.4. The Kier molecular flexibility index (Phi) is 4.94. The first-order chi connectivity index (χ1) is 14.9. The van der Waals surface area contributed by atoms with Crippen LogP contribution < -0.4 is 10.8 Å². The standard InChI is InChI=1S/C22H20ClN3O5/c23-17-9-15(26(29)30)4-5-16(17)19-6-7-20(31-19)22(28)24-10-13-8-14(12-24)18-2-1-3-21(27)25(18)11-13/h1-7,9,13-14,26,29H,8,10-12H2. The van der Waals surface area contributed by atoms with Crippen LogP contribution in [0.4, 0.5) is 5.69 Å². The summed E-state index contributed by atoms with van der Waals surface area (Å²) in [6.07, 6.45) is 0.960. The molecule has 2 aromatic heterocycles. The van der Waals surface area contributed by atoms with Crippen molar-refractivity contribution < 1.29 is 19.6 Å². The third-order valence-corrected chi connectivity index (χ3v) is 6.38. The van der Waals surface area contributed by atoms with Crippen molar-refractivity contribution in [2.24, 2.45) is 5.92 Å². The summed E-state index contributed by atoms with van der Waals surface area (Å²) in [6.45, 7) is 1.72. The Labute approximate surface area is 182 Å². The molecule has 1 aromatic carbocycles. The van der Waals surface area contributed by atoms with E-state index in [1.807, 2.05) is 10.6 Å². The van der Waals surface area contributed by atoms with Gasteiger partial charge in [0.25, 0.3) is 11.5 Å². The van der Waals surface area contributed by atoms with Crippen molar-refractivity contribution >= 4 is 23.2 Å². The summed E-state index contributed by atoms with van der Waals surface area (Å²) in [5.41, 5.74) is 1.59. The molecule has 0 aliphatic carbocycles. The second-order valence-corrected chi connectivity index (χ2v) is 8.48. The molecule has 160 valence electrons. The molecule has 3 aromatic rings. The maximum Gasteiger partial charge on any atom is 0.289 e. The molecule has 2 N–H and O–H groups in total. The summed E-state index contributed by atoms with van der Waals surface area (Å²) in [7, 11) is 0. The van der Waals surface area contributed by atoms with Crippen LogP contribution in [0.15, 0.2) is 57.7 Å². The Morgan fingerprint density at radius 1 is 1.16 bits per heavy atom. The van der Waals surface area contributed by atoms with Crippen molar-refractivity contribution in [3.8, 4) is 11.3 Å². The van der Waals surface area contributed by atoms with Crippen molar-refractivity contribution in [1.82, 2.24) is 9.47 Å². The van der Waals surface area contributed by atoms with Gasteiger partial charge in [0, 0.05) is 55.0 Å². The highest BCUT2D eigenvalue weighted by molar-refractivity contribution is 6.33. The molecule has 2 aliphatic rings. The van der Waals surface area contributed by atoms with E-state index < -0.39 is 5.23 Å². The third kappa shape index (κ3) is 3.57. The molecular formula is C22H20ClN3O5. The zero-order valence-corrected chi connectivity index (χ0v) is 17.2. The maximum atomic E-state index is 13.1. The summed E-state index contributed by atoms with van der Waals surface area (Å²) < 4.78 is 7.63. The fourth-order valence-electron chi connectivity index (χ4n) is 4.66. The predicted molar refractivity (Wildman–Crippen MR) is 112 cm³/mol. The smallest absolute Gasteiger partial charge is 0.289 e. The molecular weight excluding hydrogens is 422 g/mol. The van der Waals surface area contributed by atoms with Crippen LogP contribution >= 0.6 is 11.6 Å². The lowest BCUT2D eigenvalue weighted by Crippen LogP contribution is -2.99. The number of hydrogen-bond donors (Lipinski definition) is 2. The molecule has 31 heavy (non-hydrogen) atoms. The number of amides is 1. The Balaban J connectivity index is 1.38. The molecule has 8 nitrogen and oxygen atoms in total. The van der Waals surface area contributed by atoms with Crippen molar-refractivity contribution in [2.45, 2.75) is 18.9 Å². The summed E-state index contributed by atoms with van der Waals surface area (Å²) in [5.74, 6) is 0.754. The van der Waals surface area contributed by atoms with Gasteiger partial charge in [0.05, 0.1) is 5.02 Å². The largest absolute Gasteiger partial charge is 0.595 e. The van der Waals surface area contributed by atoms with E-state index in [2.05, 4.69) is 0 Å². The quantitative estimate of drug-likeness (QED) is 0.607.